The Kier molecular flexibility index (Phi) is 4.63. The zero-order chi connectivity index (χ0) is 13.0. The maximum absolute atomic E-state index is 5.76. The molecule has 1 N–H and O–H groups in total. The van der Waals surface area contributed by atoms with Crippen molar-refractivity contribution in [2.24, 2.45) is 0 Å². The monoisotopic (exact) mass is 250 g/mol. The lowest BCUT2D eigenvalue weighted by Gasteiger charge is -2.34. The van der Waals surface area contributed by atoms with Crippen molar-refractivity contribution in [1.82, 2.24) is 20.2 Å². The molecule has 0 saturated carbocycles. The van der Waals surface area contributed by atoms with Crippen LogP contribution in [0, 0.1) is 0 Å². The van der Waals surface area contributed by atoms with Crippen molar-refractivity contribution in [1.29, 1.82) is 0 Å². The predicted octanol–water partition coefficient (Wildman–Crippen LogP) is 0.978. The van der Waals surface area contributed by atoms with Gasteiger partial charge in [-0.25, -0.2) is 9.97 Å². The second-order valence-corrected chi connectivity index (χ2v) is 4.93. The van der Waals surface area contributed by atoms with Crippen LogP contribution in [0.3, 0.4) is 0 Å². The van der Waals surface area contributed by atoms with E-state index in [2.05, 4.69) is 34.0 Å². The Labute approximate surface area is 109 Å². The van der Waals surface area contributed by atoms with Gasteiger partial charge in [0.25, 0.3) is 0 Å². The van der Waals surface area contributed by atoms with Crippen molar-refractivity contribution in [3.05, 3.63) is 23.8 Å². The van der Waals surface area contributed by atoms with Crippen LogP contribution in [0.2, 0.25) is 0 Å². The Morgan fingerprint density at radius 3 is 2.78 bits per heavy atom. The van der Waals surface area contributed by atoms with E-state index in [1.165, 1.54) is 0 Å². The summed E-state index contributed by atoms with van der Waals surface area (Å²) in [7, 11) is 1.92. The molecule has 0 aromatic carbocycles. The molecule has 1 aliphatic heterocycles. The highest BCUT2D eigenvalue weighted by Crippen LogP contribution is 2.20. The van der Waals surface area contributed by atoms with Crippen LogP contribution in [-0.4, -0.2) is 47.7 Å². The number of hydrogen-bond donors (Lipinski definition) is 1. The molecule has 0 spiro atoms. The summed E-state index contributed by atoms with van der Waals surface area (Å²) in [6, 6.07) is 0.542. The summed E-state index contributed by atoms with van der Waals surface area (Å²) >= 11 is 0. The van der Waals surface area contributed by atoms with Gasteiger partial charge in [-0.3, -0.25) is 4.90 Å². The van der Waals surface area contributed by atoms with E-state index in [0.717, 1.165) is 37.6 Å². The molecule has 5 heteroatoms. The molecule has 1 aliphatic rings. The number of rotatable bonds is 4. The summed E-state index contributed by atoms with van der Waals surface area (Å²) in [5.74, 6) is 0.792. The normalized spacial score (nSPS) is 21.4. The molecule has 1 fully saturated rings. The van der Waals surface area contributed by atoms with Crippen molar-refractivity contribution in [2.45, 2.75) is 32.5 Å². The third kappa shape index (κ3) is 3.25. The van der Waals surface area contributed by atoms with E-state index in [9.17, 15) is 0 Å². The van der Waals surface area contributed by atoms with Crippen molar-refractivity contribution in [2.75, 3.05) is 26.7 Å². The quantitative estimate of drug-likeness (QED) is 0.863. The van der Waals surface area contributed by atoms with Gasteiger partial charge in [-0.15, -0.1) is 0 Å². The summed E-state index contributed by atoms with van der Waals surface area (Å²) in [5.41, 5.74) is 1.10. The van der Waals surface area contributed by atoms with Gasteiger partial charge in [0.05, 0.1) is 6.61 Å². The minimum absolute atomic E-state index is 0.00443. The number of nitrogens with zero attached hydrogens (tertiary/aromatic N) is 3. The Hall–Kier alpha value is -1.04. The van der Waals surface area contributed by atoms with E-state index in [-0.39, 0.29) is 6.10 Å². The predicted molar refractivity (Wildman–Crippen MR) is 70.2 cm³/mol. The second kappa shape index (κ2) is 6.22. The molecule has 0 bridgehead atoms. The van der Waals surface area contributed by atoms with Gasteiger partial charge in [0.2, 0.25) is 0 Å². The van der Waals surface area contributed by atoms with Gasteiger partial charge in [0, 0.05) is 43.6 Å². The topological polar surface area (TPSA) is 50.3 Å². The minimum Gasteiger partial charge on any atom is -0.368 e. The highest BCUT2D eigenvalue weighted by Gasteiger charge is 2.25. The van der Waals surface area contributed by atoms with Crippen LogP contribution in [0.25, 0.3) is 0 Å². The molecule has 5 nitrogen and oxygen atoms in total. The zero-order valence-corrected chi connectivity index (χ0v) is 11.4. The fraction of sp³-hybridized carbons (Fsp3) is 0.692. The summed E-state index contributed by atoms with van der Waals surface area (Å²) in [6.07, 6.45) is 3.75. The van der Waals surface area contributed by atoms with E-state index in [4.69, 9.17) is 4.74 Å². The Morgan fingerprint density at radius 2 is 2.17 bits per heavy atom. The lowest BCUT2D eigenvalue weighted by molar-refractivity contribution is -0.0443. The first kappa shape index (κ1) is 13.4. The molecule has 100 valence electrons. The third-order valence-corrected chi connectivity index (χ3v) is 3.22. The van der Waals surface area contributed by atoms with E-state index < -0.39 is 0 Å². The summed E-state index contributed by atoms with van der Waals surface area (Å²) in [6.45, 7) is 7.84. The number of hydrogen-bond acceptors (Lipinski definition) is 5. The summed E-state index contributed by atoms with van der Waals surface area (Å²) in [5, 5.41) is 3.09. The summed E-state index contributed by atoms with van der Waals surface area (Å²) in [4.78, 5) is 11.2. The standard InChI is InChI=1S/C13H22N4O/c1-10(2)17-4-5-18-12(9-17)13-15-7-11(6-14-3)8-16-13/h7-8,10,12,14H,4-6,9H2,1-3H3. The third-order valence-electron chi connectivity index (χ3n) is 3.22. The fourth-order valence-electron chi connectivity index (χ4n) is 2.12. The largest absolute Gasteiger partial charge is 0.368 e. The van der Waals surface area contributed by atoms with E-state index in [1.54, 1.807) is 0 Å². The van der Waals surface area contributed by atoms with Crippen molar-refractivity contribution in [3.63, 3.8) is 0 Å². The average molecular weight is 250 g/mol. The van der Waals surface area contributed by atoms with E-state index in [0.29, 0.717) is 6.04 Å². The molecule has 1 saturated heterocycles. The number of ether oxygens (including phenoxy) is 1. The first-order valence-corrected chi connectivity index (χ1v) is 6.51. The lowest BCUT2D eigenvalue weighted by atomic mass is 10.2. The second-order valence-electron chi connectivity index (χ2n) is 4.93. The van der Waals surface area contributed by atoms with Gasteiger partial charge >= 0.3 is 0 Å². The molecule has 0 radical (unpaired) electrons. The van der Waals surface area contributed by atoms with Gasteiger partial charge in [0.1, 0.15) is 6.10 Å². The molecular weight excluding hydrogens is 228 g/mol. The van der Waals surface area contributed by atoms with Gasteiger partial charge in [-0.2, -0.15) is 0 Å². The smallest absolute Gasteiger partial charge is 0.158 e. The molecular formula is C13H22N4O. The molecule has 18 heavy (non-hydrogen) atoms. The highest BCUT2D eigenvalue weighted by atomic mass is 16.5. The van der Waals surface area contributed by atoms with E-state index in [1.807, 2.05) is 19.4 Å². The highest BCUT2D eigenvalue weighted by molar-refractivity contribution is 5.06. The van der Waals surface area contributed by atoms with Crippen LogP contribution in [-0.2, 0) is 11.3 Å². The van der Waals surface area contributed by atoms with Gasteiger partial charge in [0.15, 0.2) is 5.82 Å². The molecule has 2 heterocycles. The molecule has 0 aliphatic carbocycles. The Bertz CT molecular complexity index is 366. The Balaban J connectivity index is 2.02. The first-order chi connectivity index (χ1) is 8.70. The van der Waals surface area contributed by atoms with Crippen LogP contribution in [0.4, 0.5) is 0 Å². The Morgan fingerprint density at radius 1 is 1.44 bits per heavy atom. The average Bonchev–Trinajstić information content (AvgIpc) is 2.40. The summed E-state index contributed by atoms with van der Waals surface area (Å²) < 4.78 is 5.76. The lowest BCUT2D eigenvalue weighted by Crippen LogP contribution is -2.42. The number of nitrogens with one attached hydrogen (secondary N) is 1. The van der Waals surface area contributed by atoms with Gasteiger partial charge < -0.3 is 10.1 Å². The zero-order valence-electron chi connectivity index (χ0n) is 11.4. The molecule has 0 amide bonds. The van der Waals surface area contributed by atoms with Crippen LogP contribution < -0.4 is 5.32 Å². The number of morpholine rings is 1. The van der Waals surface area contributed by atoms with Crippen LogP contribution >= 0.6 is 0 Å². The molecule has 1 aromatic heterocycles. The molecule has 1 unspecified atom stereocenters. The van der Waals surface area contributed by atoms with Crippen molar-refractivity contribution < 1.29 is 4.74 Å². The first-order valence-electron chi connectivity index (χ1n) is 6.51. The van der Waals surface area contributed by atoms with Crippen LogP contribution in [0.15, 0.2) is 12.4 Å². The number of aromatic nitrogens is 2. The maximum atomic E-state index is 5.76. The SMILES string of the molecule is CNCc1cnc(C2CN(C(C)C)CCO2)nc1. The minimum atomic E-state index is 0.00443. The van der Waals surface area contributed by atoms with Crippen LogP contribution in [0.5, 0.6) is 0 Å². The molecule has 1 aromatic rings. The van der Waals surface area contributed by atoms with Crippen molar-refractivity contribution >= 4 is 0 Å². The van der Waals surface area contributed by atoms with Crippen molar-refractivity contribution in [3.8, 4) is 0 Å². The van der Waals surface area contributed by atoms with Crippen LogP contribution in [0.1, 0.15) is 31.3 Å². The maximum Gasteiger partial charge on any atom is 0.158 e. The van der Waals surface area contributed by atoms with Gasteiger partial charge in [-0.1, -0.05) is 0 Å². The molecule has 1 atom stereocenters. The van der Waals surface area contributed by atoms with Gasteiger partial charge in [-0.05, 0) is 20.9 Å². The molecule has 2 rings (SSSR count). The fourth-order valence-corrected chi connectivity index (χ4v) is 2.12. The van der Waals surface area contributed by atoms with E-state index >= 15 is 0 Å².